The number of carboxylic acid groups (broad SMARTS) is 1. The Labute approximate surface area is 127 Å². The third kappa shape index (κ3) is 1.51. The van der Waals surface area contributed by atoms with E-state index in [9.17, 15) is 19.5 Å². The van der Waals surface area contributed by atoms with Gasteiger partial charge in [0.1, 0.15) is 0 Å². The molecule has 5 nitrogen and oxygen atoms in total. The van der Waals surface area contributed by atoms with Crippen LogP contribution in [-0.4, -0.2) is 27.8 Å². The molecular formula is C17H15NO4. The highest BCUT2D eigenvalue weighted by atomic mass is 16.4. The van der Waals surface area contributed by atoms with Gasteiger partial charge in [0.05, 0.1) is 23.8 Å². The van der Waals surface area contributed by atoms with Crippen molar-refractivity contribution in [1.82, 2.24) is 4.90 Å². The summed E-state index contributed by atoms with van der Waals surface area (Å²) in [5.74, 6) is -2.93. The van der Waals surface area contributed by atoms with Gasteiger partial charge in [0.2, 0.25) is 11.8 Å². The highest BCUT2D eigenvalue weighted by molar-refractivity contribution is 6.09. The summed E-state index contributed by atoms with van der Waals surface area (Å²) in [7, 11) is 0. The molecule has 1 aromatic rings. The number of carboxylic acids is 1. The Morgan fingerprint density at radius 3 is 2.64 bits per heavy atom. The number of rotatable bonds is 3. The van der Waals surface area contributed by atoms with Crippen molar-refractivity contribution in [3.05, 3.63) is 48.0 Å². The lowest BCUT2D eigenvalue weighted by Gasteiger charge is -2.25. The van der Waals surface area contributed by atoms with Crippen molar-refractivity contribution in [3.63, 3.8) is 0 Å². The van der Waals surface area contributed by atoms with Gasteiger partial charge in [-0.05, 0) is 17.9 Å². The van der Waals surface area contributed by atoms with Gasteiger partial charge >= 0.3 is 5.97 Å². The maximum atomic E-state index is 12.7. The average molecular weight is 297 g/mol. The first-order valence-corrected chi connectivity index (χ1v) is 7.36. The lowest BCUT2D eigenvalue weighted by molar-refractivity contribution is -0.153. The second-order valence-corrected chi connectivity index (χ2v) is 6.32. The highest BCUT2D eigenvalue weighted by Gasteiger charge is 2.68. The number of nitrogens with zero attached hydrogens (tertiary/aromatic N) is 1. The molecule has 1 aromatic carbocycles. The summed E-state index contributed by atoms with van der Waals surface area (Å²) in [6.07, 6.45) is 3.79. The Balaban J connectivity index is 1.69. The summed E-state index contributed by atoms with van der Waals surface area (Å²) >= 11 is 0. The Morgan fingerprint density at radius 1 is 1.23 bits per heavy atom. The summed E-state index contributed by atoms with van der Waals surface area (Å²) in [4.78, 5) is 38.3. The average Bonchev–Trinajstić information content (AvgIpc) is 3.16. The van der Waals surface area contributed by atoms with Crippen molar-refractivity contribution in [3.8, 4) is 0 Å². The molecule has 2 bridgehead atoms. The van der Waals surface area contributed by atoms with E-state index in [-0.39, 0.29) is 24.3 Å². The van der Waals surface area contributed by atoms with Gasteiger partial charge in [0.15, 0.2) is 0 Å². The van der Waals surface area contributed by atoms with E-state index in [1.807, 2.05) is 30.3 Å². The largest absolute Gasteiger partial charge is 0.481 e. The van der Waals surface area contributed by atoms with Crippen molar-refractivity contribution in [2.75, 3.05) is 0 Å². The van der Waals surface area contributed by atoms with Crippen molar-refractivity contribution in [2.45, 2.75) is 13.0 Å². The minimum absolute atomic E-state index is 0.127. The van der Waals surface area contributed by atoms with Crippen LogP contribution in [0.25, 0.3) is 0 Å². The smallest absolute Gasteiger partial charge is 0.314 e. The van der Waals surface area contributed by atoms with E-state index in [4.69, 9.17) is 0 Å². The zero-order chi connectivity index (χ0) is 15.5. The zero-order valence-electron chi connectivity index (χ0n) is 11.8. The first kappa shape index (κ1) is 13.2. The van der Waals surface area contributed by atoms with Gasteiger partial charge in [0.25, 0.3) is 0 Å². The van der Waals surface area contributed by atoms with Gasteiger partial charge in [-0.3, -0.25) is 19.3 Å². The second kappa shape index (κ2) is 4.29. The van der Waals surface area contributed by atoms with Gasteiger partial charge in [-0.2, -0.15) is 0 Å². The molecule has 4 atom stereocenters. The van der Waals surface area contributed by atoms with E-state index in [0.29, 0.717) is 6.42 Å². The fourth-order valence-electron chi connectivity index (χ4n) is 4.24. The van der Waals surface area contributed by atoms with Crippen LogP contribution in [0.4, 0.5) is 0 Å². The number of carbonyl (C=O) groups excluding carboxylic acids is 2. The van der Waals surface area contributed by atoms with E-state index in [0.717, 1.165) is 5.56 Å². The predicted octanol–water partition coefficient (Wildman–Crippen LogP) is 1.45. The zero-order valence-corrected chi connectivity index (χ0v) is 11.8. The minimum Gasteiger partial charge on any atom is -0.481 e. The number of likely N-dealkylation sites (tertiary alicyclic amines) is 1. The Morgan fingerprint density at radius 2 is 1.95 bits per heavy atom. The molecule has 1 aliphatic heterocycles. The van der Waals surface area contributed by atoms with Crippen LogP contribution in [0.1, 0.15) is 12.0 Å². The standard InChI is InChI=1S/C17H15NO4/c19-14-12-11-6-7-17(8-11,16(21)22)13(12)15(20)18(14)9-10-4-2-1-3-5-10/h1-7,11-13H,8-9H2,(H,21,22). The molecule has 4 rings (SSSR count). The molecule has 22 heavy (non-hydrogen) atoms. The third-order valence-electron chi connectivity index (χ3n) is 5.25. The number of amides is 2. The number of hydrogen-bond donors (Lipinski definition) is 1. The summed E-state index contributed by atoms with van der Waals surface area (Å²) < 4.78 is 0. The van der Waals surface area contributed by atoms with E-state index >= 15 is 0 Å². The molecule has 0 radical (unpaired) electrons. The molecule has 2 amide bonds. The molecule has 2 fully saturated rings. The molecule has 2 aliphatic carbocycles. The van der Waals surface area contributed by atoms with Crippen molar-refractivity contribution in [1.29, 1.82) is 0 Å². The molecule has 5 heteroatoms. The van der Waals surface area contributed by atoms with Gasteiger partial charge in [-0.1, -0.05) is 42.5 Å². The van der Waals surface area contributed by atoms with Gasteiger partial charge < -0.3 is 5.11 Å². The van der Waals surface area contributed by atoms with Crippen LogP contribution >= 0.6 is 0 Å². The quantitative estimate of drug-likeness (QED) is 0.677. The molecule has 1 saturated heterocycles. The number of aliphatic carboxylic acids is 1. The number of allylic oxidation sites excluding steroid dienone is 1. The summed E-state index contributed by atoms with van der Waals surface area (Å²) in [6, 6.07) is 9.29. The van der Waals surface area contributed by atoms with Crippen molar-refractivity contribution in [2.24, 2.45) is 23.2 Å². The summed E-state index contributed by atoms with van der Waals surface area (Å²) in [6.45, 7) is 0.216. The first-order chi connectivity index (χ1) is 10.5. The van der Waals surface area contributed by atoms with Crippen LogP contribution in [0.15, 0.2) is 42.5 Å². The van der Waals surface area contributed by atoms with E-state index in [2.05, 4.69) is 0 Å². The number of carbonyl (C=O) groups is 3. The molecule has 4 unspecified atom stereocenters. The van der Waals surface area contributed by atoms with Gasteiger partial charge in [0, 0.05) is 0 Å². The molecule has 0 aromatic heterocycles. The van der Waals surface area contributed by atoms with Gasteiger partial charge in [-0.25, -0.2) is 0 Å². The van der Waals surface area contributed by atoms with Crippen molar-refractivity contribution >= 4 is 17.8 Å². The third-order valence-corrected chi connectivity index (χ3v) is 5.25. The van der Waals surface area contributed by atoms with Crippen LogP contribution in [0.3, 0.4) is 0 Å². The summed E-state index contributed by atoms with van der Waals surface area (Å²) in [5.41, 5.74) is -0.318. The highest BCUT2D eigenvalue weighted by Crippen LogP contribution is 2.60. The van der Waals surface area contributed by atoms with Crippen LogP contribution in [0.5, 0.6) is 0 Å². The maximum Gasteiger partial charge on any atom is 0.314 e. The number of benzene rings is 1. The van der Waals surface area contributed by atoms with Crippen LogP contribution < -0.4 is 0 Å². The fraction of sp³-hybridized carbons (Fsp3) is 0.353. The normalized spacial score (nSPS) is 35.3. The van der Waals surface area contributed by atoms with Crippen LogP contribution in [0.2, 0.25) is 0 Å². The topological polar surface area (TPSA) is 74.7 Å². The lowest BCUT2D eigenvalue weighted by atomic mass is 9.75. The Hall–Kier alpha value is -2.43. The summed E-state index contributed by atoms with van der Waals surface area (Å²) in [5, 5.41) is 9.58. The number of imide groups is 1. The van der Waals surface area contributed by atoms with Crippen LogP contribution in [0, 0.1) is 23.2 Å². The van der Waals surface area contributed by atoms with Crippen LogP contribution in [-0.2, 0) is 20.9 Å². The lowest BCUT2D eigenvalue weighted by Crippen LogP contribution is -2.39. The monoisotopic (exact) mass is 297 g/mol. The predicted molar refractivity (Wildman–Crippen MR) is 76.3 cm³/mol. The SMILES string of the molecule is O=C1C2C3C=CC(C(=O)O)(C3)C2C(=O)N1Cc1ccccc1. The maximum absolute atomic E-state index is 12.7. The molecule has 1 N–H and O–H groups in total. The molecule has 1 heterocycles. The van der Waals surface area contributed by atoms with Crippen molar-refractivity contribution < 1.29 is 19.5 Å². The molecule has 3 aliphatic rings. The molecular weight excluding hydrogens is 282 g/mol. The molecule has 1 saturated carbocycles. The number of fused-ring (bicyclic) bond motifs is 5. The number of hydrogen-bond acceptors (Lipinski definition) is 3. The Kier molecular flexibility index (Phi) is 2.58. The Bertz CT molecular complexity index is 711. The fourth-order valence-corrected chi connectivity index (χ4v) is 4.24. The van der Waals surface area contributed by atoms with E-state index < -0.39 is 23.2 Å². The van der Waals surface area contributed by atoms with E-state index in [1.165, 1.54) is 4.90 Å². The first-order valence-electron chi connectivity index (χ1n) is 7.36. The second-order valence-electron chi connectivity index (χ2n) is 6.32. The minimum atomic E-state index is -1.19. The van der Waals surface area contributed by atoms with E-state index in [1.54, 1.807) is 12.2 Å². The van der Waals surface area contributed by atoms with Gasteiger partial charge in [-0.15, -0.1) is 0 Å². The molecule has 112 valence electrons. The molecule has 0 spiro atoms.